The highest BCUT2D eigenvalue weighted by molar-refractivity contribution is 7.17. The van der Waals surface area contributed by atoms with E-state index in [-0.39, 0.29) is 0 Å². The summed E-state index contributed by atoms with van der Waals surface area (Å²) in [4.78, 5) is 6.08. The van der Waals surface area contributed by atoms with E-state index in [0.29, 0.717) is 0 Å². The van der Waals surface area contributed by atoms with Crippen LogP contribution < -0.4 is 5.73 Å². The van der Waals surface area contributed by atoms with Crippen molar-refractivity contribution in [2.24, 2.45) is 0 Å². The second-order valence-corrected chi connectivity index (χ2v) is 6.95. The lowest BCUT2D eigenvalue weighted by atomic mass is 10.2. The first-order valence-electron chi connectivity index (χ1n) is 6.36. The van der Waals surface area contributed by atoms with Crippen LogP contribution in [0.2, 0.25) is 0 Å². The third-order valence-electron chi connectivity index (χ3n) is 3.66. The molecule has 0 saturated heterocycles. The van der Waals surface area contributed by atoms with Gasteiger partial charge in [0.05, 0.1) is 0 Å². The van der Waals surface area contributed by atoms with Gasteiger partial charge in [-0.05, 0) is 42.8 Å². The molecular weight excluding hydrogens is 286 g/mol. The van der Waals surface area contributed by atoms with E-state index in [4.69, 9.17) is 10.7 Å². The number of aryl methyl sites for hydroxylation is 2. The predicted octanol–water partition coefficient (Wildman–Crippen LogP) is 4.48. The summed E-state index contributed by atoms with van der Waals surface area (Å²) in [7, 11) is 0. The SMILES string of the molecule is Cc1sccc1-c1nc2c3ccsc3cc(C)n2c1N. The molecule has 0 unspecified atom stereocenters. The lowest BCUT2D eigenvalue weighted by molar-refractivity contribution is 1.12. The molecule has 0 aliphatic heterocycles. The molecular formula is C15H13N3S2. The van der Waals surface area contributed by atoms with E-state index in [2.05, 4.69) is 47.2 Å². The van der Waals surface area contributed by atoms with Crippen LogP contribution in [0.1, 0.15) is 10.6 Å². The van der Waals surface area contributed by atoms with Gasteiger partial charge in [-0.1, -0.05) is 0 Å². The lowest BCUT2D eigenvalue weighted by Crippen LogP contribution is -1.97. The Balaban J connectivity index is 2.17. The molecule has 100 valence electrons. The molecule has 4 rings (SSSR count). The number of imidazole rings is 1. The molecule has 0 bridgehead atoms. The number of fused-ring (bicyclic) bond motifs is 3. The average Bonchev–Trinajstić information content (AvgIpc) is 3.08. The van der Waals surface area contributed by atoms with Crippen LogP contribution in [-0.2, 0) is 0 Å². The molecule has 0 spiro atoms. The quantitative estimate of drug-likeness (QED) is 0.563. The van der Waals surface area contributed by atoms with Gasteiger partial charge < -0.3 is 5.73 Å². The van der Waals surface area contributed by atoms with Crippen molar-refractivity contribution < 1.29 is 0 Å². The molecule has 0 saturated carbocycles. The van der Waals surface area contributed by atoms with Crippen LogP contribution in [0.3, 0.4) is 0 Å². The molecule has 0 amide bonds. The minimum Gasteiger partial charge on any atom is -0.383 e. The van der Waals surface area contributed by atoms with Crippen molar-refractivity contribution in [1.29, 1.82) is 0 Å². The molecule has 0 aliphatic rings. The van der Waals surface area contributed by atoms with Gasteiger partial charge in [-0.15, -0.1) is 22.7 Å². The van der Waals surface area contributed by atoms with Gasteiger partial charge in [0.2, 0.25) is 0 Å². The topological polar surface area (TPSA) is 43.3 Å². The van der Waals surface area contributed by atoms with E-state index in [1.807, 2.05) is 0 Å². The van der Waals surface area contributed by atoms with Gasteiger partial charge in [-0.25, -0.2) is 4.98 Å². The van der Waals surface area contributed by atoms with Crippen LogP contribution in [-0.4, -0.2) is 9.38 Å². The summed E-state index contributed by atoms with van der Waals surface area (Å²) in [5.74, 6) is 0.729. The summed E-state index contributed by atoms with van der Waals surface area (Å²) in [5.41, 5.74) is 10.5. The first-order valence-corrected chi connectivity index (χ1v) is 8.12. The van der Waals surface area contributed by atoms with E-state index in [0.717, 1.165) is 28.4 Å². The Kier molecular flexibility index (Phi) is 2.43. The molecule has 5 heteroatoms. The van der Waals surface area contributed by atoms with E-state index < -0.39 is 0 Å². The van der Waals surface area contributed by atoms with Gasteiger partial charge in [0.25, 0.3) is 0 Å². The lowest BCUT2D eigenvalue weighted by Gasteiger charge is -2.03. The maximum absolute atomic E-state index is 6.37. The molecule has 0 aliphatic carbocycles. The molecule has 2 N–H and O–H groups in total. The summed E-state index contributed by atoms with van der Waals surface area (Å²) >= 11 is 3.46. The Hall–Kier alpha value is -1.85. The minimum atomic E-state index is 0.729. The first-order chi connectivity index (χ1) is 9.66. The number of nitrogen functional groups attached to an aromatic ring is 1. The van der Waals surface area contributed by atoms with Crippen molar-refractivity contribution >= 4 is 44.2 Å². The maximum atomic E-state index is 6.37. The average molecular weight is 299 g/mol. The number of hydrogen-bond donors (Lipinski definition) is 1. The zero-order valence-electron chi connectivity index (χ0n) is 11.2. The standard InChI is InChI=1S/C15H13N3S2/c1-8-7-12-11(4-6-20-12)15-17-13(14(16)18(8)15)10-3-5-19-9(10)2/h3-7H,16H2,1-2H3. The van der Waals surface area contributed by atoms with Gasteiger partial charge in [-0.3, -0.25) is 4.40 Å². The van der Waals surface area contributed by atoms with Crippen LogP contribution in [0, 0.1) is 13.8 Å². The number of pyridine rings is 1. The minimum absolute atomic E-state index is 0.729. The Morgan fingerprint density at radius 2 is 1.95 bits per heavy atom. The zero-order chi connectivity index (χ0) is 13.9. The van der Waals surface area contributed by atoms with Crippen LogP contribution in [0.4, 0.5) is 5.82 Å². The monoisotopic (exact) mass is 299 g/mol. The van der Waals surface area contributed by atoms with Crippen molar-refractivity contribution in [2.75, 3.05) is 5.73 Å². The van der Waals surface area contributed by atoms with E-state index in [9.17, 15) is 0 Å². The molecule has 4 heterocycles. The van der Waals surface area contributed by atoms with Crippen LogP contribution in [0.5, 0.6) is 0 Å². The van der Waals surface area contributed by atoms with E-state index >= 15 is 0 Å². The molecule has 0 aromatic carbocycles. The van der Waals surface area contributed by atoms with E-state index in [1.165, 1.54) is 15.0 Å². The molecule has 20 heavy (non-hydrogen) atoms. The van der Waals surface area contributed by atoms with Crippen molar-refractivity contribution in [3.63, 3.8) is 0 Å². The number of hydrogen-bond acceptors (Lipinski definition) is 4. The smallest absolute Gasteiger partial charge is 0.148 e. The molecule has 4 aromatic heterocycles. The van der Waals surface area contributed by atoms with Crippen LogP contribution in [0.15, 0.2) is 29.0 Å². The fraction of sp³-hybridized carbons (Fsp3) is 0.133. The summed E-state index contributed by atoms with van der Waals surface area (Å²) < 4.78 is 3.31. The van der Waals surface area contributed by atoms with Gasteiger partial charge in [0.15, 0.2) is 0 Å². The Morgan fingerprint density at radius 1 is 1.15 bits per heavy atom. The zero-order valence-corrected chi connectivity index (χ0v) is 12.8. The molecule has 4 aromatic rings. The van der Waals surface area contributed by atoms with Crippen molar-refractivity contribution in [3.8, 4) is 11.3 Å². The van der Waals surface area contributed by atoms with Gasteiger partial charge >= 0.3 is 0 Å². The normalized spacial score (nSPS) is 11.7. The number of nitrogens with two attached hydrogens (primary N) is 1. The number of thiophene rings is 2. The highest BCUT2D eigenvalue weighted by Crippen LogP contribution is 2.35. The largest absolute Gasteiger partial charge is 0.383 e. The van der Waals surface area contributed by atoms with Gasteiger partial charge in [-0.2, -0.15) is 0 Å². The van der Waals surface area contributed by atoms with Crippen molar-refractivity contribution in [2.45, 2.75) is 13.8 Å². The van der Waals surface area contributed by atoms with Crippen molar-refractivity contribution in [3.05, 3.63) is 39.5 Å². The summed E-state index contributed by atoms with van der Waals surface area (Å²) in [6.45, 7) is 4.19. The third kappa shape index (κ3) is 1.47. The van der Waals surface area contributed by atoms with Crippen LogP contribution >= 0.6 is 22.7 Å². The highest BCUT2D eigenvalue weighted by atomic mass is 32.1. The second-order valence-electron chi connectivity index (χ2n) is 4.88. The first kappa shape index (κ1) is 11.9. The third-order valence-corrected chi connectivity index (χ3v) is 5.37. The second kappa shape index (κ2) is 4.07. The highest BCUT2D eigenvalue weighted by Gasteiger charge is 2.17. The number of anilines is 1. The van der Waals surface area contributed by atoms with Gasteiger partial charge in [0, 0.05) is 26.2 Å². The van der Waals surface area contributed by atoms with Gasteiger partial charge in [0.1, 0.15) is 17.2 Å². The Morgan fingerprint density at radius 3 is 2.70 bits per heavy atom. The summed E-state index contributed by atoms with van der Waals surface area (Å²) in [5, 5.41) is 5.36. The Labute approximate surface area is 124 Å². The molecule has 0 fully saturated rings. The number of nitrogens with zero attached hydrogens (tertiary/aromatic N) is 2. The molecule has 0 radical (unpaired) electrons. The predicted molar refractivity (Wildman–Crippen MR) is 87.8 cm³/mol. The summed E-state index contributed by atoms with van der Waals surface area (Å²) in [6.07, 6.45) is 0. The molecule has 3 nitrogen and oxygen atoms in total. The Bertz CT molecular complexity index is 943. The number of aromatic nitrogens is 2. The maximum Gasteiger partial charge on any atom is 0.148 e. The summed E-state index contributed by atoms with van der Waals surface area (Å²) in [6, 6.07) is 6.39. The van der Waals surface area contributed by atoms with Crippen molar-refractivity contribution in [1.82, 2.24) is 9.38 Å². The van der Waals surface area contributed by atoms with Crippen LogP contribution in [0.25, 0.3) is 27.0 Å². The van der Waals surface area contributed by atoms with E-state index in [1.54, 1.807) is 22.7 Å². The number of rotatable bonds is 1. The molecule has 0 atom stereocenters. The fourth-order valence-electron chi connectivity index (χ4n) is 2.67. The fourth-order valence-corrected chi connectivity index (χ4v) is 4.25.